The van der Waals surface area contributed by atoms with E-state index in [2.05, 4.69) is 16.4 Å². The maximum Gasteiger partial charge on any atom is 0.181 e. The summed E-state index contributed by atoms with van der Waals surface area (Å²) < 4.78 is 5.14. The smallest absolute Gasteiger partial charge is 0.181 e. The van der Waals surface area contributed by atoms with Crippen LogP contribution >= 0.6 is 0 Å². The molecule has 1 unspecified atom stereocenters. The largest absolute Gasteiger partial charge is 0.443 e. The molecule has 0 aliphatic rings. The third kappa shape index (κ3) is 1.52. The average molecular weight is 187 g/mol. The minimum Gasteiger partial charge on any atom is -0.443 e. The van der Waals surface area contributed by atoms with Crippen molar-refractivity contribution in [2.24, 2.45) is 0 Å². The molecule has 1 N–H and O–H groups in total. The van der Waals surface area contributed by atoms with Crippen molar-refractivity contribution in [1.29, 1.82) is 5.26 Å². The zero-order valence-electron chi connectivity index (χ0n) is 7.69. The first kappa shape index (κ1) is 8.57. The Kier molecular flexibility index (Phi) is 2.07. The Morgan fingerprint density at radius 3 is 3.21 bits per heavy atom. The van der Waals surface area contributed by atoms with E-state index in [1.165, 1.54) is 6.39 Å². The van der Waals surface area contributed by atoms with E-state index >= 15 is 0 Å². The van der Waals surface area contributed by atoms with Gasteiger partial charge in [0.15, 0.2) is 12.0 Å². The molecular formula is C10H9N3O. The van der Waals surface area contributed by atoms with Gasteiger partial charge in [0.25, 0.3) is 0 Å². The lowest BCUT2D eigenvalue weighted by Gasteiger charge is -2.06. The van der Waals surface area contributed by atoms with Crippen LogP contribution in [0.5, 0.6) is 0 Å². The Hall–Kier alpha value is -2.02. The van der Waals surface area contributed by atoms with Crippen molar-refractivity contribution in [3.63, 3.8) is 0 Å². The van der Waals surface area contributed by atoms with Crippen LogP contribution in [0.25, 0.3) is 11.1 Å². The second kappa shape index (κ2) is 3.38. The summed E-state index contributed by atoms with van der Waals surface area (Å²) in [5, 5.41) is 11.6. The second-order valence-corrected chi connectivity index (χ2v) is 3.03. The van der Waals surface area contributed by atoms with E-state index < -0.39 is 0 Å². The lowest BCUT2D eigenvalue weighted by molar-refractivity contribution is 0.602. The molecule has 1 atom stereocenters. The summed E-state index contributed by atoms with van der Waals surface area (Å²) in [6, 6.07) is 7.44. The predicted molar refractivity (Wildman–Crippen MR) is 52.7 cm³/mol. The molecule has 4 heteroatoms. The SMILES string of the molecule is CC(C#N)Nc1ccc2ncoc2c1. The summed E-state index contributed by atoms with van der Waals surface area (Å²) in [6.45, 7) is 1.80. The number of benzene rings is 1. The van der Waals surface area contributed by atoms with Crippen molar-refractivity contribution < 1.29 is 4.42 Å². The fraction of sp³-hybridized carbons (Fsp3) is 0.200. The van der Waals surface area contributed by atoms with Crippen LogP contribution in [-0.2, 0) is 0 Å². The van der Waals surface area contributed by atoms with E-state index in [1.54, 1.807) is 6.92 Å². The first-order valence-electron chi connectivity index (χ1n) is 4.29. The van der Waals surface area contributed by atoms with Crippen molar-refractivity contribution in [3.05, 3.63) is 24.6 Å². The lowest BCUT2D eigenvalue weighted by atomic mass is 10.2. The molecule has 0 amide bonds. The normalized spacial score (nSPS) is 12.3. The number of anilines is 1. The van der Waals surface area contributed by atoms with Crippen LogP contribution in [0.15, 0.2) is 29.0 Å². The van der Waals surface area contributed by atoms with Gasteiger partial charge in [-0.1, -0.05) is 0 Å². The van der Waals surface area contributed by atoms with Gasteiger partial charge >= 0.3 is 0 Å². The first-order chi connectivity index (χ1) is 6.79. The van der Waals surface area contributed by atoms with Gasteiger partial charge in [-0.3, -0.25) is 0 Å². The summed E-state index contributed by atoms with van der Waals surface area (Å²) in [7, 11) is 0. The summed E-state index contributed by atoms with van der Waals surface area (Å²) in [4.78, 5) is 4.00. The van der Waals surface area contributed by atoms with Gasteiger partial charge in [0.1, 0.15) is 11.6 Å². The Bertz CT molecular complexity index is 483. The molecule has 2 aromatic rings. The standard InChI is InChI=1S/C10H9N3O/c1-7(5-11)13-8-2-3-9-10(4-8)14-6-12-9/h2-4,6-7,13H,1H3. The highest BCUT2D eigenvalue weighted by Crippen LogP contribution is 2.18. The summed E-state index contributed by atoms with van der Waals surface area (Å²) in [5.41, 5.74) is 2.41. The molecular weight excluding hydrogens is 178 g/mol. The van der Waals surface area contributed by atoms with Gasteiger partial charge < -0.3 is 9.73 Å². The van der Waals surface area contributed by atoms with Crippen molar-refractivity contribution >= 4 is 16.8 Å². The van der Waals surface area contributed by atoms with Gasteiger partial charge in [-0.2, -0.15) is 5.26 Å². The van der Waals surface area contributed by atoms with Gasteiger partial charge in [-0.15, -0.1) is 0 Å². The topological polar surface area (TPSA) is 61.9 Å². The maximum absolute atomic E-state index is 8.62. The summed E-state index contributed by atoms with van der Waals surface area (Å²) in [5.74, 6) is 0. The predicted octanol–water partition coefficient (Wildman–Crippen LogP) is 2.15. The highest BCUT2D eigenvalue weighted by molar-refractivity contribution is 5.76. The highest BCUT2D eigenvalue weighted by atomic mass is 16.3. The molecule has 0 saturated carbocycles. The zero-order valence-corrected chi connectivity index (χ0v) is 7.69. The number of oxazole rings is 1. The minimum atomic E-state index is -0.213. The molecule has 0 aliphatic heterocycles. The van der Waals surface area contributed by atoms with Crippen molar-refractivity contribution in [2.75, 3.05) is 5.32 Å². The maximum atomic E-state index is 8.62. The second-order valence-electron chi connectivity index (χ2n) is 3.03. The van der Waals surface area contributed by atoms with Crippen LogP contribution in [0.3, 0.4) is 0 Å². The number of fused-ring (bicyclic) bond motifs is 1. The van der Waals surface area contributed by atoms with Crippen LogP contribution in [0, 0.1) is 11.3 Å². The van der Waals surface area contributed by atoms with Crippen LogP contribution in [-0.4, -0.2) is 11.0 Å². The number of rotatable bonds is 2. The van der Waals surface area contributed by atoms with Crippen molar-refractivity contribution in [3.8, 4) is 6.07 Å². The Labute approximate surface area is 81.2 Å². The summed E-state index contributed by atoms with van der Waals surface area (Å²) >= 11 is 0. The Morgan fingerprint density at radius 2 is 2.43 bits per heavy atom. The van der Waals surface area contributed by atoms with Crippen molar-refractivity contribution in [2.45, 2.75) is 13.0 Å². The molecule has 0 aliphatic carbocycles. The van der Waals surface area contributed by atoms with E-state index in [4.69, 9.17) is 9.68 Å². The number of hydrogen-bond acceptors (Lipinski definition) is 4. The zero-order chi connectivity index (χ0) is 9.97. The molecule has 1 aromatic heterocycles. The minimum absolute atomic E-state index is 0.213. The number of nitrogens with zero attached hydrogens (tertiary/aromatic N) is 2. The van der Waals surface area contributed by atoms with Crippen LogP contribution < -0.4 is 5.32 Å². The Morgan fingerprint density at radius 1 is 1.57 bits per heavy atom. The van der Waals surface area contributed by atoms with Crippen LogP contribution in [0.4, 0.5) is 5.69 Å². The molecule has 0 bridgehead atoms. The molecule has 0 saturated heterocycles. The molecule has 0 fully saturated rings. The number of nitriles is 1. The fourth-order valence-corrected chi connectivity index (χ4v) is 1.23. The third-order valence-electron chi connectivity index (χ3n) is 1.91. The highest BCUT2D eigenvalue weighted by Gasteiger charge is 2.02. The van der Waals surface area contributed by atoms with E-state index in [-0.39, 0.29) is 6.04 Å². The lowest BCUT2D eigenvalue weighted by Crippen LogP contribution is -2.11. The fourth-order valence-electron chi connectivity index (χ4n) is 1.23. The van der Waals surface area contributed by atoms with Gasteiger partial charge in [0, 0.05) is 11.8 Å². The van der Waals surface area contributed by atoms with Crippen molar-refractivity contribution in [1.82, 2.24) is 4.98 Å². The van der Waals surface area contributed by atoms with E-state index in [9.17, 15) is 0 Å². The average Bonchev–Trinajstić information content (AvgIpc) is 2.64. The monoisotopic (exact) mass is 187 g/mol. The number of nitrogens with one attached hydrogen (secondary N) is 1. The molecule has 1 heterocycles. The molecule has 14 heavy (non-hydrogen) atoms. The molecule has 4 nitrogen and oxygen atoms in total. The first-order valence-corrected chi connectivity index (χ1v) is 4.29. The van der Waals surface area contributed by atoms with Crippen LogP contribution in [0.1, 0.15) is 6.92 Å². The molecule has 0 radical (unpaired) electrons. The van der Waals surface area contributed by atoms with E-state index in [0.29, 0.717) is 0 Å². The van der Waals surface area contributed by atoms with Gasteiger partial charge in [0.2, 0.25) is 0 Å². The summed E-state index contributed by atoms with van der Waals surface area (Å²) in [6.07, 6.45) is 1.40. The Balaban J connectivity index is 2.31. The molecule has 2 rings (SSSR count). The third-order valence-corrected chi connectivity index (χ3v) is 1.91. The van der Waals surface area contributed by atoms with Gasteiger partial charge in [-0.25, -0.2) is 4.98 Å². The van der Waals surface area contributed by atoms with Gasteiger partial charge in [0.05, 0.1) is 6.07 Å². The van der Waals surface area contributed by atoms with Gasteiger partial charge in [-0.05, 0) is 19.1 Å². The molecule has 1 aromatic carbocycles. The quantitative estimate of drug-likeness (QED) is 0.782. The number of aromatic nitrogens is 1. The molecule has 70 valence electrons. The van der Waals surface area contributed by atoms with Crippen LogP contribution in [0.2, 0.25) is 0 Å². The molecule has 0 spiro atoms. The number of hydrogen-bond donors (Lipinski definition) is 1. The van der Waals surface area contributed by atoms with E-state index in [1.807, 2.05) is 18.2 Å². The van der Waals surface area contributed by atoms with E-state index in [0.717, 1.165) is 16.8 Å².